The number of amides is 1. The molecular formula is C20H30N2O4S. The first-order valence-electron chi connectivity index (χ1n) is 9.90. The van der Waals surface area contributed by atoms with Gasteiger partial charge in [0.15, 0.2) is 0 Å². The molecule has 0 atom stereocenters. The molecule has 3 rings (SSSR count). The maximum absolute atomic E-state index is 13.3. The van der Waals surface area contributed by atoms with Crippen LogP contribution in [-0.2, 0) is 25.0 Å². The molecule has 1 aromatic carbocycles. The van der Waals surface area contributed by atoms with Crippen molar-refractivity contribution in [3.05, 3.63) is 35.9 Å². The highest BCUT2D eigenvalue weighted by atomic mass is 32.2. The van der Waals surface area contributed by atoms with Crippen molar-refractivity contribution in [2.45, 2.75) is 50.5 Å². The molecule has 0 aliphatic carbocycles. The average Bonchev–Trinajstić information content (AvgIpc) is 2.69. The molecule has 1 amide bonds. The van der Waals surface area contributed by atoms with Crippen molar-refractivity contribution in [1.29, 1.82) is 0 Å². The van der Waals surface area contributed by atoms with E-state index in [2.05, 4.69) is 5.32 Å². The molecule has 2 aliphatic rings. The van der Waals surface area contributed by atoms with Crippen molar-refractivity contribution in [3.8, 4) is 0 Å². The number of sulfonamides is 1. The van der Waals surface area contributed by atoms with Crippen LogP contribution in [0.4, 0.5) is 0 Å². The Labute approximate surface area is 162 Å². The highest BCUT2D eigenvalue weighted by Crippen LogP contribution is 2.35. The predicted molar refractivity (Wildman–Crippen MR) is 105 cm³/mol. The van der Waals surface area contributed by atoms with Gasteiger partial charge in [-0.15, -0.1) is 0 Å². The molecule has 7 heteroatoms. The number of ether oxygens (including phenoxy) is 1. The smallest absolute Gasteiger partial charge is 0.231 e. The molecule has 0 saturated carbocycles. The second kappa shape index (κ2) is 8.71. The van der Waals surface area contributed by atoms with Gasteiger partial charge in [0.25, 0.3) is 0 Å². The summed E-state index contributed by atoms with van der Waals surface area (Å²) >= 11 is 0. The Balaban J connectivity index is 1.66. The fraction of sp³-hybridized carbons (Fsp3) is 0.650. The Bertz CT molecular complexity index is 722. The highest BCUT2D eigenvalue weighted by Gasteiger charge is 2.42. The van der Waals surface area contributed by atoms with Gasteiger partial charge in [0.05, 0.1) is 11.2 Å². The summed E-state index contributed by atoms with van der Waals surface area (Å²) in [5, 5.41) is 3.22. The van der Waals surface area contributed by atoms with Gasteiger partial charge >= 0.3 is 0 Å². The molecule has 0 aromatic heterocycles. The summed E-state index contributed by atoms with van der Waals surface area (Å²) in [6, 6.07) is 9.96. The normalized spacial score (nSPS) is 21.7. The van der Waals surface area contributed by atoms with Gasteiger partial charge in [0.1, 0.15) is 0 Å². The summed E-state index contributed by atoms with van der Waals surface area (Å²) in [4.78, 5) is 13.3. The molecule has 150 valence electrons. The molecule has 0 radical (unpaired) electrons. The third-order valence-corrected chi connectivity index (χ3v) is 7.83. The largest absolute Gasteiger partial charge is 0.381 e. The number of carbonyl (C=O) groups is 1. The van der Waals surface area contributed by atoms with E-state index >= 15 is 0 Å². The summed E-state index contributed by atoms with van der Waals surface area (Å²) in [7, 11) is -3.16. The van der Waals surface area contributed by atoms with E-state index in [4.69, 9.17) is 4.74 Å². The predicted octanol–water partition coefficient (Wildman–Crippen LogP) is 2.06. The molecule has 2 heterocycles. The van der Waals surface area contributed by atoms with E-state index < -0.39 is 15.4 Å². The Morgan fingerprint density at radius 2 is 1.81 bits per heavy atom. The van der Waals surface area contributed by atoms with Crippen molar-refractivity contribution in [2.75, 3.05) is 32.1 Å². The third-order valence-electron chi connectivity index (χ3n) is 5.75. The molecule has 0 bridgehead atoms. The van der Waals surface area contributed by atoms with E-state index in [1.807, 2.05) is 37.3 Å². The third kappa shape index (κ3) is 4.52. The van der Waals surface area contributed by atoms with Gasteiger partial charge in [-0.2, -0.15) is 0 Å². The summed E-state index contributed by atoms with van der Waals surface area (Å²) in [5.41, 5.74) is 0.485. The number of hydrogen-bond donors (Lipinski definition) is 1. The molecular weight excluding hydrogens is 364 g/mol. The number of nitrogens with zero attached hydrogens (tertiary/aromatic N) is 1. The number of rotatable bonds is 6. The molecule has 1 N–H and O–H groups in total. The molecule has 0 spiro atoms. The molecule has 2 saturated heterocycles. The van der Waals surface area contributed by atoms with Crippen LogP contribution in [0.2, 0.25) is 0 Å². The molecule has 2 aliphatic heterocycles. The molecule has 27 heavy (non-hydrogen) atoms. The second-order valence-electron chi connectivity index (χ2n) is 7.52. The van der Waals surface area contributed by atoms with Crippen molar-refractivity contribution < 1.29 is 17.9 Å². The maximum atomic E-state index is 13.3. The lowest BCUT2D eigenvalue weighted by molar-refractivity contribution is -0.131. The summed E-state index contributed by atoms with van der Waals surface area (Å²) < 4.78 is 31.5. The second-order valence-corrected chi connectivity index (χ2v) is 9.61. The van der Waals surface area contributed by atoms with E-state index in [0.717, 1.165) is 5.56 Å². The van der Waals surface area contributed by atoms with Gasteiger partial charge in [0.2, 0.25) is 15.9 Å². The Morgan fingerprint density at radius 3 is 2.41 bits per heavy atom. The molecule has 2 fully saturated rings. The van der Waals surface area contributed by atoms with Crippen LogP contribution in [0, 0.1) is 0 Å². The minimum Gasteiger partial charge on any atom is -0.381 e. The fourth-order valence-electron chi connectivity index (χ4n) is 4.11. The summed E-state index contributed by atoms with van der Waals surface area (Å²) in [5.74, 6) is 0.244. The van der Waals surface area contributed by atoms with Crippen LogP contribution >= 0.6 is 0 Å². The minimum absolute atomic E-state index is 0.0222. The van der Waals surface area contributed by atoms with Crippen LogP contribution in [0.15, 0.2) is 30.3 Å². The number of hydrogen-bond acceptors (Lipinski definition) is 4. The Morgan fingerprint density at radius 1 is 1.19 bits per heavy atom. The van der Waals surface area contributed by atoms with Crippen LogP contribution in [0.3, 0.4) is 0 Å². The number of piperidine rings is 1. The van der Waals surface area contributed by atoms with Gasteiger partial charge in [-0.25, -0.2) is 12.7 Å². The zero-order chi connectivity index (χ0) is 19.3. The maximum Gasteiger partial charge on any atom is 0.231 e. The topological polar surface area (TPSA) is 75.7 Å². The lowest BCUT2D eigenvalue weighted by Crippen LogP contribution is -2.53. The first-order chi connectivity index (χ1) is 13.0. The standard InChI is InChI=1S/C20H30N2O4S/c1-2-16-27(24,25)22-12-8-18(9-13-22)21-19(23)20(10-14-26-15-11-20)17-6-4-3-5-7-17/h3-7,18H,2,8-16H2,1H3,(H,21,23). The molecule has 6 nitrogen and oxygen atoms in total. The van der Waals surface area contributed by atoms with Gasteiger partial charge in [-0.3, -0.25) is 4.79 Å². The number of nitrogens with one attached hydrogen (secondary N) is 1. The first-order valence-corrected chi connectivity index (χ1v) is 11.5. The highest BCUT2D eigenvalue weighted by molar-refractivity contribution is 7.89. The van der Waals surface area contributed by atoms with Gasteiger partial charge in [0, 0.05) is 32.3 Å². The first kappa shape index (κ1) is 20.3. The average molecular weight is 395 g/mol. The molecule has 0 unspecified atom stereocenters. The van der Waals surface area contributed by atoms with Crippen molar-refractivity contribution in [2.24, 2.45) is 0 Å². The van der Waals surface area contributed by atoms with E-state index in [-0.39, 0.29) is 17.7 Å². The molecule has 1 aromatic rings. The van der Waals surface area contributed by atoms with E-state index in [9.17, 15) is 13.2 Å². The summed E-state index contributed by atoms with van der Waals surface area (Å²) in [6.45, 7) is 4.00. The zero-order valence-electron chi connectivity index (χ0n) is 16.0. The van der Waals surface area contributed by atoms with Crippen molar-refractivity contribution in [3.63, 3.8) is 0 Å². The van der Waals surface area contributed by atoms with Crippen molar-refractivity contribution >= 4 is 15.9 Å². The Kier molecular flexibility index (Phi) is 6.55. The zero-order valence-corrected chi connectivity index (χ0v) is 16.8. The van der Waals surface area contributed by atoms with Crippen LogP contribution in [0.1, 0.15) is 44.6 Å². The van der Waals surface area contributed by atoms with Gasteiger partial charge in [-0.1, -0.05) is 37.3 Å². The van der Waals surface area contributed by atoms with Crippen LogP contribution in [0.5, 0.6) is 0 Å². The van der Waals surface area contributed by atoms with Crippen LogP contribution in [0.25, 0.3) is 0 Å². The SMILES string of the molecule is CCCS(=O)(=O)N1CCC(NC(=O)C2(c3ccccc3)CCOCC2)CC1. The monoisotopic (exact) mass is 394 g/mol. The van der Waals surface area contributed by atoms with E-state index in [1.165, 1.54) is 0 Å². The minimum atomic E-state index is -3.16. The lowest BCUT2D eigenvalue weighted by atomic mass is 9.73. The quantitative estimate of drug-likeness (QED) is 0.801. The van der Waals surface area contributed by atoms with E-state index in [1.54, 1.807) is 4.31 Å². The van der Waals surface area contributed by atoms with Crippen LogP contribution < -0.4 is 5.32 Å². The van der Waals surface area contributed by atoms with E-state index in [0.29, 0.717) is 58.4 Å². The summed E-state index contributed by atoms with van der Waals surface area (Å²) in [6.07, 6.45) is 3.30. The van der Waals surface area contributed by atoms with Gasteiger partial charge in [-0.05, 0) is 37.7 Å². The van der Waals surface area contributed by atoms with Gasteiger partial charge < -0.3 is 10.1 Å². The van der Waals surface area contributed by atoms with Crippen LogP contribution in [-0.4, -0.2) is 56.7 Å². The number of benzene rings is 1. The lowest BCUT2D eigenvalue weighted by Gasteiger charge is -2.39. The number of carbonyl (C=O) groups excluding carboxylic acids is 1. The fourth-order valence-corrected chi connectivity index (χ4v) is 5.65. The van der Waals surface area contributed by atoms with Crippen molar-refractivity contribution in [1.82, 2.24) is 9.62 Å². The Hall–Kier alpha value is -1.44.